The Morgan fingerprint density at radius 1 is 1.30 bits per heavy atom. The van der Waals surface area contributed by atoms with Crippen LogP contribution in [0.4, 0.5) is 5.69 Å². The first kappa shape index (κ1) is 15.5. The molecule has 0 radical (unpaired) electrons. The van der Waals surface area contributed by atoms with Gasteiger partial charge in [-0.2, -0.15) is 0 Å². The first-order chi connectivity index (χ1) is 11.0. The molecule has 0 bridgehead atoms. The van der Waals surface area contributed by atoms with Crippen molar-refractivity contribution in [1.82, 2.24) is 4.90 Å². The fraction of sp³-hybridized carbons (Fsp3) is 0.389. The molecule has 5 heteroatoms. The molecule has 1 saturated carbocycles. The summed E-state index contributed by atoms with van der Waals surface area (Å²) in [5.41, 5.74) is 1.62. The van der Waals surface area contributed by atoms with Gasteiger partial charge < -0.3 is 4.90 Å². The van der Waals surface area contributed by atoms with Gasteiger partial charge in [0.1, 0.15) is 6.04 Å². The number of imide groups is 1. The highest BCUT2D eigenvalue weighted by atomic mass is 16.2. The average molecular weight is 312 g/mol. The molecule has 1 heterocycles. The maximum atomic E-state index is 12.7. The van der Waals surface area contributed by atoms with Crippen LogP contribution in [0.3, 0.4) is 0 Å². The minimum atomic E-state index is -0.713. The summed E-state index contributed by atoms with van der Waals surface area (Å²) >= 11 is 0. The van der Waals surface area contributed by atoms with Gasteiger partial charge in [-0.05, 0) is 31.9 Å². The van der Waals surface area contributed by atoms with E-state index in [9.17, 15) is 14.4 Å². The summed E-state index contributed by atoms with van der Waals surface area (Å²) in [5, 5.41) is 0. The van der Waals surface area contributed by atoms with Crippen molar-refractivity contribution in [2.24, 2.45) is 5.92 Å². The fourth-order valence-electron chi connectivity index (χ4n) is 2.90. The monoisotopic (exact) mass is 312 g/mol. The zero-order chi connectivity index (χ0) is 16.6. The van der Waals surface area contributed by atoms with E-state index in [4.69, 9.17) is 0 Å². The van der Waals surface area contributed by atoms with Crippen molar-refractivity contribution in [3.05, 3.63) is 42.5 Å². The number of carbonyl (C=O) groups excluding carboxylic acids is 3. The predicted octanol–water partition coefficient (Wildman–Crippen LogP) is 2.05. The fourth-order valence-corrected chi connectivity index (χ4v) is 2.90. The Kier molecular flexibility index (Phi) is 4.03. The van der Waals surface area contributed by atoms with E-state index in [2.05, 4.69) is 6.58 Å². The third-order valence-corrected chi connectivity index (χ3v) is 4.33. The van der Waals surface area contributed by atoms with Crippen LogP contribution >= 0.6 is 0 Å². The van der Waals surface area contributed by atoms with E-state index in [0.717, 1.165) is 18.4 Å². The number of hydrogen-bond donors (Lipinski definition) is 0. The first-order valence-corrected chi connectivity index (χ1v) is 7.87. The van der Waals surface area contributed by atoms with Crippen molar-refractivity contribution < 1.29 is 14.4 Å². The second-order valence-electron chi connectivity index (χ2n) is 6.18. The third-order valence-electron chi connectivity index (χ3n) is 4.33. The number of anilines is 1. The molecule has 3 amide bonds. The molecule has 1 aliphatic heterocycles. The van der Waals surface area contributed by atoms with Gasteiger partial charge in [0, 0.05) is 12.5 Å². The van der Waals surface area contributed by atoms with Crippen LogP contribution in [-0.2, 0) is 14.4 Å². The van der Waals surface area contributed by atoms with Crippen molar-refractivity contribution in [2.75, 3.05) is 11.4 Å². The van der Waals surface area contributed by atoms with Crippen LogP contribution in [-0.4, -0.2) is 35.2 Å². The molecule has 0 spiro atoms. The van der Waals surface area contributed by atoms with Crippen LogP contribution in [0.25, 0.3) is 0 Å². The van der Waals surface area contributed by atoms with Crippen LogP contribution in [0, 0.1) is 12.8 Å². The molecule has 1 atom stereocenters. The van der Waals surface area contributed by atoms with Gasteiger partial charge >= 0.3 is 0 Å². The molecule has 2 aliphatic rings. The third kappa shape index (κ3) is 2.91. The summed E-state index contributed by atoms with van der Waals surface area (Å²) in [6.07, 6.45) is 3.37. The smallest absolute Gasteiger partial charge is 0.257 e. The minimum absolute atomic E-state index is 0.00581. The molecule has 1 saturated heterocycles. The number of rotatable bonds is 5. The van der Waals surface area contributed by atoms with Crippen molar-refractivity contribution in [1.29, 1.82) is 0 Å². The number of carbonyl (C=O) groups is 3. The lowest BCUT2D eigenvalue weighted by Gasteiger charge is -2.26. The van der Waals surface area contributed by atoms with Gasteiger partial charge in [0.15, 0.2) is 0 Å². The summed E-state index contributed by atoms with van der Waals surface area (Å²) in [7, 11) is 0. The van der Waals surface area contributed by atoms with E-state index in [1.165, 1.54) is 9.80 Å². The van der Waals surface area contributed by atoms with Gasteiger partial charge in [-0.3, -0.25) is 14.4 Å². The molecule has 2 fully saturated rings. The molecule has 0 N–H and O–H groups in total. The predicted molar refractivity (Wildman–Crippen MR) is 86.7 cm³/mol. The second-order valence-corrected chi connectivity index (χ2v) is 6.18. The van der Waals surface area contributed by atoms with E-state index in [1.807, 2.05) is 19.1 Å². The van der Waals surface area contributed by atoms with Crippen LogP contribution in [0.2, 0.25) is 0 Å². The zero-order valence-electron chi connectivity index (χ0n) is 13.2. The largest absolute Gasteiger partial charge is 0.326 e. The molecule has 23 heavy (non-hydrogen) atoms. The van der Waals surface area contributed by atoms with Gasteiger partial charge in [-0.25, -0.2) is 4.90 Å². The molecular weight excluding hydrogens is 292 g/mol. The lowest BCUT2D eigenvalue weighted by Crippen LogP contribution is -2.46. The maximum absolute atomic E-state index is 12.7. The molecule has 1 unspecified atom stereocenters. The summed E-state index contributed by atoms with van der Waals surface area (Å²) < 4.78 is 0. The van der Waals surface area contributed by atoms with Gasteiger partial charge in [-0.1, -0.05) is 23.8 Å². The number of benzene rings is 1. The Bertz CT molecular complexity index is 661. The van der Waals surface area contributed by atoms with E-state index >= 15 is 0 Å². The molecule has 5 nitrogen and oxygen atoms in total. The molecule has 1 aromatic carbocycles. The lowest BCUT2D eigenvalue weighted by atomic mass is 10.2. The van der Waals surface area contributed by atoms with E-state index in [1.54, 1.807) is 18.2 Å². The maximum Gasteiger partial charge on any atom is 0.257 e. The SMILES string of the molecule is C=CCN(C(=O)C1CC1)C1CC(=O)N(c2ccc(C)cc2)C1=O. The van der Waals surface area contributed by atoms with Gasteiger partial charge in [-0.15, -0.1) is 6.58 Å². The Morgan fingerprint density at radius 3 is 2.52 bits per heavy atom. The topological polar surface area (TPSA) is 57.7 Å². The summed E-state index contributed by atoms with van der Waals surface area (Å²) in [5.74, 6) is -0.621. The highest BCUT2D eigenvalue weighted by molar-refractivity contribution is 6.23. The number of hydrogen-bond acceptors (Lipinski definition) is 3. The summed E-state index contributed by atoms with van der Waals surface area (Å²) in [4.78, 5) is 40.2. The first-order valence-electron chi connectivity index (χ1n) is 7.87. The van der Waals surface area contributed by atoms with E-state index in [-0.39, 0.29) is 30.1 Å². The van der Waals surface area contributed by atoms with Crippen molar-refractivity contribution in [3.8, 4) is 0 Å². The summed E-state index contributed by atoms with van der Waals surface area (Å²) in [6, 6.07) is 6.53. The Morgan fingerprint density at radius 2 is 1.96 bits per heavy atom. The van der Waals surface area contributed by atoms with Crippen molar-refractivity contribution >= 4 is 23.4 Å². The minimum Gasteiger partial charge on any atom is -0.326 e. The normalized spacial score (nSPS) is 20.7. The van der Waals surface area contributed by atoms with E-state index in [0.29, 0.717) is 12.2 Å². The van der Waals surface area contributed by atoms with E-state index < -0.39 is 6.04 Å². The Labute approximate surface area is 135 Å². The molecule has 0 aromatic heterocycles. The highest BCUT2D eigenvalue weighted by Crippen LogP contribution is 2.34. The number of amides is 3. The summed E-state index contributed by atoms with van der Waals surface area (Å²) in [6.45, 7) is 5.90. The molecular formula is C18H20N2O3. The molecule has 1 aliphatic carbocycles. The Balaban J connectivity index is 1.85. The van der Waals surface area contributed by atoms with Crippen molar-refractivity contribution in [2.45, 2.75) is 32.2 Å². The Hall–Kier alpha value is -2.43. The molecule has 3 rings (SSSR count). The number of aryl methyl sites for hydroxylation is 1. The average Bonchev–Trinajstić information content (AvgIpc) is 3.33. The van der Waals surface area contributed by atoms with Gasteiger partial charge in [0.05, 0.1) is 12.1 Å². The molecule has 120 valence electrons. The number of nitrogens with zero attached hydrogens (tertiary/aromatic N) is 2. The standard InChI is InChI=1S/C18H20N2O3/c1-3-10-19(17(22)13-6-7-13)15-11-16(21)20(18(15)23)14-8-4-12(2)5-9-14/h3-5,8-9,13,15H,1,6-7,10-11H2,2H3. The molecule has 1 aromatic rings. The van der Waals surface area contributed by atoms with Crippen LogP contribution < -0.4 is 4.90 Å². The zero-order valence-corrected chi connectivity index (χ0v) is 13.2. The highest BCUT2D eigenvalue weighted by Gasteiger charge is 2.46. The lowest BCUT2D eigenvalue weighted by molar-refractivity contribution is -0.138. The van der Waals surface area contributed by atoms with Crippen molar-refractivity contribution in [3.63, 3.8) is 0 Å². The van der Waals surface area contributed by atoms with Crippen LogP contribution in [0.1, 0.15) is 24.8 Å². The quantitative estimate of drug-likeness (QED) is 0.617. The second kappa shape index (κ2) is 5.99. The van der Waals surface area contributed by atoms with Gasteiger partial charge in [0.25, 0.3) is 5.91 Å². The van der Waals surface area contributed by atoms with Crippen LogP contribution in [0.5, 0.6) is 0 Å². The van der Waals surface area contributed by atoms with Gasteiger partial charge in [0.2, 0.25) is 11.8 Å². The van der Waals surface area contributed by atoms with Crippen LogP contribution in [0.15, 0.2) is 36.9 Å².